The maximum absolute atomic E-state index is 13.3. The van der Waals surface area contributed by atoms with Gasteiger partial charge < -0.3 is 15.3 Å². The van der Waals surface area contributed by atoms with Crippen molar-refractivity contribution in [3.8, 4) is 0 Å². The van der Waals surface area contributed by atoms with Crippen LogP contribution in [0.15, 0.2) is 47.4 Å². The molecule has 29 heavy (non-hydrogen) atoms. The molecule has 1 unspecified atom stereocenters. The van der Waals surface area contributed by atoms with E-state index in [0.717, 1.165) is 11.8 Å². The molecular formula is C21H27N3O4S. The first kappa shape index (κ1) is 20.1. The number of carbonyl (C=O) groups is 1. The minimum Gasteiger partial charge on any atom is -0.393 e. The number of amides is 2. The Hall–Kier alpha value is -2.16. The summed E-state index contributed by atoms with van der Waals surface area (Å²) in [7, 11) is -3.65. The van der Waals surface area contributed by atoms with Gasteiger partial charge in [0.2, 0.25) is 10.0 Å². The minimum absolute atomic E-state index is 0.175. The first-order valence-electron chi connectivity index (χ1n) is 10.2. The fourth-order valence-corrected chi connectivity index (χ4v) is 5.91. The number of nitrogens with one attached hydrogen (secondary N) is 1. The summed E-state index contributed by atoms with van der Waals surface area (Å²) in [4.78, 5) is 14.6. The van der Waals surface area contributed by atoms with Crippen molar-refractivity contribution in [2.75, 3.05) is 26.2 Å². The van der Waals surface area contributed by atoms with E-state index in [2.05, 4.69) is 5.32 Å². The molecule has 2 aliphatic heterocycles. The minimum atomic E-state index is -3.65. The third kappa shape index (κ3) is 4.24. The van der Waals surface area contributed by atoms with Gasteiger partial charge in [-0.05, 0) is 37.1 Å². The maximum Gasteiger partial charge on any atom is 0.317 e. The molecule has 0 radical (unpaired) electrons. The number of urea groups is 1. The molecule has 7 nitrogen and oxygen atoms in total. The molecule has 2 fully saturated rings. The van der Waals surface area contributed by atoms with Crippen molar-refractivity contribution < 1.29 is 18.3 Å². The Morgan fingerprint density at radius 3 is 2.52 bits per heavy atom. The lowest BCUT2D eigenvalue weighted by molar-refractivity contribution is 0.0920. The number of likely N-dealkylation sites (tertiary alicyclic amines) is 1. The van der Waals surface area contributed by atoms with Gasteiger partial charge in [0.15, 0.2) is 0 Å². The van der Waals surface area contributed by atoms with Crippen LogP contribution in [0, 0.1) is 0 Å². The fourth-order valence-electron chi connectivity index (χ4n) is 4.17. The molecule has 0 saturated carbocycles. The van der Waals surface area contributed by atoms with E-state index in [1.807, 2.05) is 30.3 Å². The summed E-state index contributed by atoms with van der Waals surface area (Å²) in [5.41, 5.74) is 0. The normalized spacial score (nSPS) is 22.0. The van der Waals surface area contributed by atoms with Crippen molar-refractivity contribution in [1.29, 1.82) is 0 Å². The van der Waals surface area contributed by atoms with E-state index in [9.17, 15) is 18.3 Å². The van der Waals surface area contributed by atoms with E-state index in [4.69, 9.17) is 0 Å². The van der Waals surface area contributed by atoms with Crippen molar-refractivity contribution in [3.05, 3.63) is 42.5 Å². The van der Waals surface area contributed by atoms with E-state index in [1.54, 1.807) is 17.0 Å². The summed E-state index contributed by atoms with van der Waals surface area (Å²) >= 11 is 0. The van der Waals surface area contributed by atoms with Gasteiger partial charge in [-0.3, -0.25) is 0 Å². The van der Waals surface area contributed by atoms with Gasteiger partial charge >= 0.3 is 6.03 Å². The van der Waals surface area contributed by atoms with E-state index >= 15 is 0 Å². The third-order valence-corrected chi connectivity index (χ3v) is 7.75. The van der Waals surface area contributed by atoms with Gasteiger partial charge in [0, 0.05) is 37.6 Å². The zero-order valence-corrected chi connectivity index (χ0v) is 17.1. The van der Waals surface area contributed by atoms with Crippen molar-refractivity contribution >= 4 is 26.8 Å². The highest BCUT2D eigenvalue weighted by atomic mass is 32.2. The number of aliphatic hydroxyl groups is 1. The van der Waals surface area contributed by atoms with E-state index in [1.165, 1.54) is 4.31 Å². The third-order valence-electron chi connectivity index (χ3n) is 5.83. The van der Waals surface area contributed by atoms with Crippen LogP contribution in [0.5, 0.6) is 0 Å². The van der Waals surface area contributed by atoms with Crippen LogP contribution < -0.4 is 5.32 Å². The predicted molar refractivity (Wildman–Crippen MR) is 111 cm³/mol. The Bertz CT molecular complexity index is 981. The molecule has 0 aromatic heterocycles. The summed E-state index contributed by atoms with van der Waals surface area (Å²) in [5.74, 6) is 0. The molecule has 2 aromatic rings. The highest BCUT2D eigenvalue weighted by Crippen LogP contribution is 2.27. The van der Waals surface area contributed by atoms with Crippen LogP contribution in [-0.2, 0) is 10.0 Å². The standard InChI is InChI=1S/C21H27N3O4S/c25-18-10-13-23(14-11-18)21(26)22-17-7-4-12-24(15-17)29(27,28)20-9-3-6-16-5-1-2-8-19(16)20/h1-3,5-6,8-9,17-18,25H,4,7,10-15H2,(H,22,26). The van der Waals surface area contributed by atoms with Crippen LogP contribution in [0.25, 0.3) is 10.8 Å². The molecular weight excluding hydrogens is 390 g/mol. The number of hydrogen-bond acceptors (Lipinski definition) is 4. The molecule has 8 heteroatoms. The average Bonchev–Trinajstić information content (AvgIpc) is 2.74. The van der Waals surface area contributed by atoms with Crippen molar-refractivity contribution in [1.82, 2.24) is 14.5 Å². The molecule has 2 amide bonds. The first-order valence-corrected chi connectivity index (χ1v) is 11.6. The Morgan fingerprint density at radius 1 is 1.00 bits per heavy atom. The molecule has 2 heterocycles. The number of sulfonamides is 1. The number of benzene rings is 2. The van der Waals surface area contributed by atoms with Crippen LogP contribution in [0.3, 0.4) is 0 Å². The second-order valence-electron chi connectivity index (χ2n) is 7.85. The number of fused-ring (bicyclic) bond motifs is 1. The molecule has 2 aromatic carbocycles. The molecule has 1 atom stereocenters. The van der Waals surface area contributed by atoms with Gasteiger partial charge in [0.1, 0.15) is 0 Å². The number of nitrogens with zero attached hydrogens (tertiary/aromatic N) is 2. The maximum atomic E-state index is 13.3. The quantitative estimate of drug-likeness (QED) is 0.801. The molecule has 0 aliphatic carbocycles. The van der Waals surface area contributed by atoms with Gasteiger partial charge in [-0.1, -0.05) is 36.4 Å². The summed E-state index contributed by atoms with van der Waals surface area (Å²) < 4.78 is 28.2. The number of aliphatic hydroxyl groups excluding tert-OH is 1. The molecule has 2 N–H and O–H groups in total. The van der Waals surface area contributed by atoms with Gasteiger partial charge in [-0.25, -0.2) is 13.2 Å². The van der Waals surface area contributed by atoms with Gasteiger partial charge in [-0.2, -0.15) is 4.31 Å². The fraction of sp³-hybridized carbons (Fsp3) is 0.476. The molecule has 2 saturated heterocycles. The second kappa shape index (κ2) is 8.30. The van der Waals surface area contributed by atoms with Crippen molar-refractivity contribution in [3.63, 3.8) is 0 Å². The Labute approximate surface area is 171 Å². The number of hydrogen-bond donors (Lipinski definition) is 2. The summed E-state index contributed by atoms with van der Waals surface area (Å²) in [6.45, 7) is 1.77. The summed E-state index contributed by atoms with van der Waals surface area (Å²) in [6.07, 6.45) is 2.28. The number of carbonyl (C=O) groups excluding carboxylic acids is 1. The zero-order chi connectivity index (χ0) is 20.4. The first-order chi connectivity index (χ1) is 13.9. The van der Waals surface area contributed by atoms with Gasteiger partial charge in [-0.15, -0.1) is 0 Å². The molecule has 2 aliphatic rings. The van der Waals surface area contributed by atoms with Crippen molar-refractivity contribution in [2.24, 2.45) is 0 Å². The van der Waals surface area contributed by atoms with Crippen LogP contribution in [0.4, 0.5) is 4.79 Å². The van der Waals surface area contributed by atoms with Crippen LogP contribution in [0.2, 0.25) is 0 Å². The summed E-state index contributed by atoms with van der Waals surface area (Å²) in [6, 6.07) is 12.4. The average molecular weight is 418 g/mol. The van der Waals surface area contributed by atoms with Crippen LogP contribution >= 0.6 is 0 Å². The number of rotatable bonds is 3. The largest absolute Gasteiger partial charge is 0.393 e. The van der Waals surface area contributed by atoms with Crippen LogP contribution in [-0.4, -0.2) is 67.1 Å². The molecule has 0 spiro atoms. The van der Waals surface area contributed by atoms with E-state index in [0.29, 0.717) is 49.2 Å². The number of piperidine rings is 2. The monoisotopic (exact) mass is 417 g/mol. The Balaban J connectivity index is 1.48. The Kier molecular flexibility index (Phi) is 5.76. The highest BCUT2D eigenvalue weighted by molar-refractivity contribution is 7.89. The van der Waals surface area contributed by atoms with Gasteiger partial charge in [0.25, 0.3) is 0 Å². The Morgan fingerprint density at radius 2 is 1.72 bits per heavy atom. The summed E-state index contributed by atoms with van der Waals surface area (Å²) in [5, 5.41) is 14.2. The zero-order valence-electron chi connectivity index (χ0n) is 16.3. The topological polar surface area (TPSA) is 90.0 Å². The molecule has 156 valence electrons. The predicted octanol–water partition coefficient (Wildman–Crippen LogP) is 2.16. The van der Waals surface area contributed by atoms with E-state index < -0.39 is 10.0 Å². The second-order valence-corrected chi connectivity index (χ2v) is 9.75. The SMILES string of the molecule is O=C(NC1CCCN(S(=O)(=O)c2cccc3ccccc23)C1)N1CCC(O)CC1. The molecule has 0 bridgehead atoms. The van der Waals surface area contributed by atoms with Gasteiger partial charge in [0.05, 0.1) is 11.0 Å². The molecule has 4 rings (SSSR count). The smallest absolute Gasteiger partial charge is 0.317 e. The van der Waals surface area contributed by atoms with E-state index in [-0.39, 0.29) is 24.7 Å². The highest BCUT2D eigenvalue weighted by Gasteiger charge is 2.32. The lowest BCUT2D eigenvalue weighted by Crippen LogP contribution is -2.54. The van der Waals surface area contributed by atoms with Crippen molar-refractivity contribution in [2.45, 2.75) is 42.7 Å². The lowest BCUT2D eigenvalue weighted by atomic mass is 10.1. The lowest BCUT2D eigenvalue weighted by Gasteiger charge is -2.35. The van der Waals surface area contributed by atoms with Crippen LogP contribution in [0.1, 0.15) is 25.7 Å².